The largest absolute Gasteiger partial charge is 0.361 e. The van der Waals surface area contributed by atoms with Crippen LogP contribution in [0.4, 0.5) is 0 Å². The van der Waals surface area contributed by atoms with Crippen LogP contribution in [0, 0.1) is 6.92 Å². The van der Waals surface area contributed by atoms with Gasteiger partial charge in [-0.05, 0) is 36.4 Å². The molecule has 1 aromatic carbocycles. The van der Waals surface area contributed by atoms with Crippen molar-refractivity contribution in [2.75, 3.05) is 6.54 Å². The SMILES string of the molecule is Cc1[nH]nc2c1[C@H](c1cccs1)N(CCc1c[nH]c3ccccc13)C2=O. The molecule has 0 bridgehead atoms. The quantitative estimate of drug-likeness (QED) is 0.575. The molecule has 1 aliphatic heterocycles. The van der Waals surface area contributed by atoms with Gasteiger partial charge in [0.1, 0.15) is 0 Å². The maximum atomic E-state index is 13.0. The van der Waals surface area contributed by atoms with Crippen LogP contribution in [-0.4, -0.2) is 32.5 Å². The number of hydrogen-bond donors (Lipinski definition) is 2. The molecule has 0 saturated heterocycles. The molecular weight excluding hydrogens is 344 g/mol. The summed E-state index contributed by atoms with van der Waals surface area (Å²) in [7, 11) is 0. The minimum Gasteiger partial charge on any atom is -0.361 e. The number of thiophene rings is 1. The number of nitrogens with zero attached hydrogens (tertiary/aromatic N) is 2. The van der Waals surface area contributed by atoms with Crippen LogP contribution in [0.3, 0.4) is 0 Å². The highest BCUT2D eigenvalue weighted by Gasteiger charge is 2.41. The number of carbonyl (C=O) groups is 1. The molecule has 2 N–H and O–H groups in total. The molecule has 0 aliphatic carbocycles. The molecular formula is C20H18N4OS. The van der Waals surface area contributed by atoms with E-state index in [2.05, 4.69) is 45.0 Å². The third kappa shape index (κ3) is 2.22. The second-order valence-electron chi connectivity index (χ2n) is 6.64. The first-order chi connectivity index (χ1) is 12.7. The van der Waals surface area contributed by atoms with E-state index in [1.165, 1.54) is 15.8 Å². The Hall–Kier alpha value is -2.86. The highest BCUT2D eigenvalue weighted by atomic mass is 32.1. The number of rotatable bonds is 4. The number of benzene rings is 1. The molecule has 0 saturated carbocycles. The van der Waals surface area contributed by atoms with Gasteiger partial charge in [-0.1, -0.05) is 24.3 Å². The summed E-state index contributed by atoms with van der Waals surface area (Å²) in [5.74, 6) is 0.0163. The smallest absolute Gasteiger partial charge is 0.275 e. The highest BCUT2D eigenvalue weighted by Crippen LogP contribution is 2.41. The molecule has 5 nitrogen and oxygen atoms in total. The van der Waals surface area contributed by atoms with Crippen LogP contribution < -0.4 is 0 Å². The second-order valence-corrected chi connectivity index (χ2v) is 7.62. The van der Waals surface area contributed by atoms with E-state index in [0.29, 0.717) is 12.2 Å². The Morgan fingerprint density at radius 1 is 1.23 bits per heavy atom. The van der Waals surface area contributed by atoms with Crippen molar-refractivity contribution >= 4 is 28.1 Å². The van der Waals surface area contributed by atoms with Gasteiger partial charge in [-0.2, -0.15) is 5.10 Å². The van der Waals surface area contributed by atoms with Crippen LogP contribution >= 0.6 is 11.3 Å². The molecule has 0 spiro atoms. The van der Waals surface area contributed by atoms with Crippen LogP contribution in [0.5, 0.6) is 0 Å². The molecule has 6 heteroatoms. The molecule has 4 heterocycles. The van der Waals surface area contributed by atoms with E-state index >= 15 is 0 Å². The zero-order valence-corrected chi connectivity index (χ0v) is 15.1. The summed E-state index contributed by atoms with van der Waals surface area (Å²) in [6, 6.07) is 12.4. The molecule has 1 atom stereocenters. The monoisotopic (exact) mass is 362 g/mol. The maximum Gasteiger partial charge on any atom is 0.275 e. The lowest BCUT2D eigenvalue weighted by Crippen LogP contribution is -2.31. The lowest BCUT2D eigenvalue weighted by Gasteiger charge is -2.25. The van der Waals surface area contributed by atoms with E-state index in [-0.39, 0.29) is 11.9 Å². The number of hydrogen-bond acceptors (Lipinski definition) is 3. The topological polar surface area (TPSA) is 64.8 Å². The number of carbonyl (C=O) groups excluding carboxylic acids is 1. The van der Waals surface area contributed by atoms with Crippen LogP contribution in [-0.2, 0) is 6.42 Å². The lowest BCUT2D eigenvalue weighted by atomic mass is 10.1. The number of aryl methyl sites for hydroxylation is 1. The van der Waals surface area contributed by atoms with Gasteiger partial charge in [-0.15, -0.1) is 11.3 Å². The minimum absolute atomic E-state index is 0.0163. The van der Waals surface area contributed by atoms with Gasteiger partial charge in [0.05, 0.1) is 6.04 Å². The van der Waals surface area contributed by atoms with Crippen molar-refractivity contribution in [1.29, 1.82) is 0 Å². The lowest BCUT2D eigenvalue weighted by molar-refractivity contribution is 0.0747. The summed E-state index contributed by atoms with van der Waals surface area (Å²) in [6.07, 6.45) is 2.86. The zero-order valence-electron chi connectivity index (χ0n) is 14.3. The number of amides is 1. The number of aromatic nitrogens is 3. The van der Waals surface area contributed by atoms with E-state index in [1.807, 2.05) is 30.0 Å². The van der Waals surface area contributed by atoms with Gasteiger partial charge >= 0.3 is 0 Å². The van der Waals surface area contributed by atoms with Crippen molar-refractivity contribution in [3.8, 4) is 0 Å². The van der Waals surface area contributed by atoms with Crippen molar-refractivity contribution < 1.29 is 4.79 Å². The first-order valence-corrected chi connectivity index (χ1v) is 9.56. The van der Waals surface area contributed by atoms with Gasteiger partial charge in [-0.3, -0.25) is 9.89 Å². The fourth-order valence-corrected chi connectivity index (χ4v) is 4.74. The average molecular weight is 362 g/mol. The molecule has 4 aromatic rings. The summed E-state index contributed by atoms with van der Waals surface area (Å²) in [5.41, 5.74) is 4.94. The molecule has 3 aromatic heterocycles. The first kappa shape index (κ1) is 15.4. The summed E-state index contributed by atoms with van der Waals surface area (Å²) < 4.78 is 0. The van der Waals surface area contributed by atoms with Crippen molar-refractivity contribution in [3.63, 3.8) is 0 Å². The van der Waals surface area contributed by atoms with Crippen LogP contribution in [0.2, 0.25) is 0 Å². The summed E-state index contributed by atoms with van der Waals surface area (Å²) in [6.45, 7) is 2.65. The molecule has 0 fully saturated rings. The van der Waals surface area contributed by atoms with Crippen LogP contribution in [0.25, 0.3) is 10.9 Å². The molecule has 1 amide bonds. The summed E-state index contributed by atoms with van der Waals surface area (Å²) >= 11 is 1.69. The Morgan fingerprint density at radius 2 is 2.12 bits per heavy atom. The Labute approximate surface area is 154 Å². The zero-order chi connectivity index (χ0) is 17.7. The summed E-state index contributed by atoms with van der Waals surface area (Å²) in [4.78, 5) is 19.4. The normalized spacial score (nSPS) is 16.6. The standard InChI is InChI=1S/C20H18N4OS/c1-12-17-18(23-22-12)20(25)24(19(17)16-7-4-10-26-16)9-8-13-11-21-15-6-3-2-5-14(13)15/h2-7,10-11,19,21H,8-9H2,1H3,(H,22,23)/t19-/m0/s1. The molecule has 0 radical (unpaired) electrons. The van der Waals surface area contributed by atoms with Gasteiger partial charge in [0.25, 0.3) is 5.91 Å². The third-order valence-electron chi connectivity index (χ3n) is 5.15. The van der Waals surface area contributed by atoms with Crippen molar-refractivity contribution in [3.05, 3.63) is 75.4 Å². The van der Waals surface area contributed by atoms with E-state index in [1.54, 1.807) is 11.3 Å². The van der Waals surface area contributed by atoms with Crippen LogP contribution in [0.1, 0.15) is 38.2 Å². The molecule has 1 aliphatic rings. The van der Waals surface area contributed by atoms with Crippen LogP contribution in [0.15, 0.2) is 48.0 Å². The van der Waals surface area contributed by atoms with E-state index in [0.717, 1.165) is 23.2 Å². The average Bonchev–Trinajstić information content (AvgIpc) is 3.41. The number of H-pyrrole nitrogens is 2. The van der Waals surface area contributed by atoms with Gasteiger partial charge < -0.3 is 9.88 Å². The van der Waals surface area contributed by atoms with Gasteiger partial charge in [0.2, 0.25) is 0 Å². The van der Waals surface area contributed by atoms with E-state index in [4.69, 9.17) is 0 Å². The van der Waals surface area contributed by atoms with E-state index < -0.39 is 0 Å². The van der Waals surface area contributed by atoms with Crippen molar-refractivity contribution in [2.45, 2.75) is 19.4 Å². The van der Waals surface area contributed by atoms with E-state index in [9.17, 15) is 4.79 Å². The predicted molar refractivity (Wildman–Crippen MR) is 103 cm³/mol. The van der Waals surface area contributed by atoms with Gasteiger partial charge in [-0.25, -0.2) is 0 Å². The fourth-order valence-electron chi connectivity index (χ4n) is 3.90. The number of fused-ring (bicyclic) bond motifs is 2. The Kier molecular flexibility index (Phi) is 3.46. The molecule has 26 heavy (non-hydrogen) atoms. The number of aromatic amines is 2. The Bertz CT molecular complexity index is 1090. The minimum atomic E-state index is -0.0403. The summed E-state index contributed by atoms with van der Waals surface area (Å²) in [5, 5.41) is 10.5. The van der Waals surface area contributed by atoms with Crippen molar-refractivity contribution in [2.24, 2.45) is 0 Å². The van der Waals surface area contributed by atoms with Gasteiger partial charge in [0.15, 0.2) is 5.69 Å². The molecule has 130 valence electrons. The highest BCUT2D eigenvalue weighted by molar-refractivity contribution is 7.10. The first-order valence-electron chi connectivity index (χ1n) is 8.68. The fraction of sp³-hybridized carbons (Fsp3) is 0.200. The van der Waals surface area contributed by atoms with Crippen molar-refractivity contribution in [1.82, 2.24) is 20.1 Å². The molecule has 0 unspecified atom stereocenters. The third-order valence-corrected chi connectivity index (χ3v) is 6.08. The number of nitrogens with one attached hydrogen (secondary N) is 2. The number of para-hydroxylation sites is 1. The second kappa shape index (κ2) is 5.85. The molecule has 5 rings (SSSR count). The Balaban J connectivity index is 1.48. The van der Waals surface area contributed by atoms with Gasteiger partial charge in [0, 0.05) is 39.8 Å². The Morgan fingerprint density at radius 3 is 2.96 bits per heavy atom. The predicted octanol–water partition coefficient (Wildman–Crippen LogP) is 4.05. The maximum absolute atomic E-state index is 13.0.